The smallest absolute Gasteiger partial charge is 0.357 e. The van der Waals surface area contributed by atoms with Crippen LogP contribution in [0, 0.1) is 23.7 Å². The van der Waals surface area contributed by atoms with Gasteiger partial charge in [0.25, 0.3) is 0 Å². The van der Waals surface area contributed by atoms with Crippen molar-refractivity contribution in [1.29, 1.82) is 0 Å². The van der Waals surface area contributed by atoms with Gasteiger partial charge in [0.2, 0.25) is 6.10 Å². The largest absolute Gasteiger partial charge is 0.457 e. The van der Waals surface area contributed by atoms with Crippen LogP contribution >= 0.6 is 0 Å². The predicted molar refractivity (Wildman–Crippen MR) is 130 cm³/mol. The van der Waals surface area contributed by atoms with Gasteiger partial charge in [-0.1, -0.05) is 76.2 Å². The summed E-state index contributed by atoms with van der Waals surface area (Å²) in [5.74, 6) is 0.249. The number of aryl methyl sites for hydroxylation is 1. The number of benzene rings is 3. The molecule has 0 saturated heterocycles. The van der Waals surface area contributed by atoms with Crippen molar-refractivity contribution in [3.05, 3.63) is 90.0 Å². The van der Waals surface area contributed by atoms with Crippen molar-refractivity contribution < 1.29 is 23.8 Å². The summed E-state index contributed by atoms with van der Waals surface area (Å²) in [5, 5.41) is 0. The van der Waals surface area contributed by atoms with E-state index < -0.39 is 18.0 Å². The van der Waals surface area contributed by atoms with Crippen LogP contribution in [0.2, 0.25) is 0 Å². The lowest BCUT2D eigenvalue weighted by atomic mass is 10.0. The number of carbonyl (C=O) groups is 2. The van der Waals surface area contributed by atoms with Crippen LogP contribution in [0.25, 0.3) is 0 Å². The van der Waals surface area contributed by atoms with Gasteiger partial charge in [-0.25, -0.2) is 4.79 Å². The third-order valence-electron chi connectivity index (χ3n) is 7.15. The van der Waals surface area contributed by atoms with Crippen molar-refractivity contribution in [3.8, 4) is 17.2 Å². The highest BCUT2D eigenvalue weighted by molar-refractivity contribution is 5.85. The van der Waals surface area contributed by atoms with E-state index in [-0.39, 0.29) is 16.7 Å². The first-order chi connectivity index (χ1) is 16.1. The molecule has 3 aromatic carbocycles. The molecule has 1 unspecified atom stereocenters. The van der Waals surface area contributed by atoms with Gasteiger partial charge in [-0.15, -0.1) is 0 Å². The highest BCUT2D eigenvalue weighted by Crippen LogP contribution is 2.68. The molecule has 1 aliphatic carbocycles. The van der Waals surface area contributed by atoms with Crippen molar-refractivity contribution in [3.63, 3.8) is 0 Å². The van der Waals surface area contributed by atoms with Gasteiger partial charge in [-0.2, -0.15) is 0 Å². The van der Waals surface area contributed by atoms with Crippen LogP contribution in [0.1, 0.15) is 44.9 Å². The Morgan fingerprint density at radius 1 is 0.794 bits per heavy atom. The second-order valence-electron chi connectivity index (χ2n) is 9.87. The second kappa shape index (κ2) is 8.98. The SMILES string of the molecule is Cc1ccccc1OC(=O)C(OC(=O)C1C(C)(C)C1(C)C)c1cccc(Oc2ccccc2)c1. The van der Waals surface area contributed by atoms with Crippen LogP contribution < -0.4 is 9.47 Å². The Morgan fingerprint density at radius 2 is 1.41 bits per heavy atom. The van der Waals surface area contributed by atoms with E-state index >= 15 is 0 Å². The molecule has 0 radical (unpaired) electrons. The van der Waals surface area contributed by atoms with E-state index in [2.05, 4.69) is 0 Å². The molecule has 1 aliphatic rings. The van der Waals surface area contributed by atoms with Crippen molar-refractivity contribution in [2.45, 2.75) is 40.7 Å². The minimum Gasteiger partial charge on any atom is -0.457 e. The molecule has 1 atom stereocenters. The zero-order chi connectivity index (χ0) is 24.5. The van der Waals surface area contributed by atoms with Crippen molar-refractivity contribution in [2.24, 2.45) is 16.7 Å². The highest BCUT2D eigenvalue weighted by Gasteiger charge is 2.69. The quantitative estimate of drug-likeness (QED) is 0.293. The van der Waals surface area contributed by atoms with Gasteiger partial charge in [-0.05, 0) is 53.6 Å². The maximum absolute atomic E-state index is 13.3. The second-order valence-corrected chi connectivity index (χ2v) is 9.87. The molecule has 0 heterocycles. The Hall–Kier alpha value is -3.60. The number of rotatable bonds is 7. The molecule has 1 saturated carbocycles. The Bertz CT molecular complexity index is 1180. The number of para-hydroxylation sites is 2. The fourth-order valence-corrected chi connectivity index (χ4v) is 4.42. The molecule has 5 nitrogen and oxygen atoms in total. The van der Waals surface area contributed by atoms with Crippen LogP contribution in [-0.2, 0) is 14.3 Å². The molecule has 1 fully saturated rings. The maximum Gasteiger partial charge on any atom is 0.357 e. The average Bonchev–Trinajstić information content (AvgIpc) is 3.22. The first-order valence-electron chi connectivity index (χ1n) is 11.4. The number of hydrogen-bond donors (Lipinski definition) is 0. The average molecular weight is 459 g/mol. The molecule has 4 rings (SSSR count). The summed E-state index contributed by atoms with van der Waals surface area (Å²) in [7, 11) is 0. The van der Waals surface area contributed by atoms with E-state index in [1.807, 2.05) is 77.1 Å². The summed E-state index contributed by atoms with van der Waals surface area (Å²) < 4.78 is 17.4. The third kappa shape index (κ3) is 4.56. The lowest BCUT2D eigenvalue weighted by molar-refractivity contribution is -0.165. The third-order valence-corrected chi connectivity index (χ3v) is 7.15. The zero-order valence-electron chi connectivity index (χ0n) is 20.2. The molecule has 5 heteroatoms. The Kier molecular flexibility index (Phi) is 6.22. The number of esters is 2. The molecule has 0 N–H and O–H groups in total. The van der Waals surface area contributed by atoms with Gasteiger partial charge in [0, 0.05) is 5.56 Å². The van der Waals surface area contributed by atoms with Gasteiger partial charge >= 0.3 is 11.9 Å². The lowest BCUT2D eigenvalue weighted by Gasteiger charge is -2.19. The minimum atomic E-state index is -1.22. The molecule has 0 bridgehead atoms. The predicted octanol–water partition coefficient (Wildman–Crippen LogP) is 6.66. The monoisotopic (exact) mass is 458 g/mol. The van der Waals surface area contributed by atoms with E-state index in [1.54, 1.807) is 36.4 Å². The molecule has 0 amide bonds. The highest BCUT2D eigenvalue weighted by atomic mass is 16.6. The molecule has 0 aliphatic heterocycles. The first-order valence-corrected chi connectivity index (χ1v) is 11.4. The van der Waals surface area contributed by atoms with Crippen LogP contribution in [0.5, 0.6) is 17.2 Å². The molecule has 0 aromatic heterocycles. The normalized spacial score (nSPS) is 16.9. The van der Waals surface area contributed by atoms with Crippen LogP contribution in [0.4, 0.5) is 0 Å². The maximum atomic E-state index is 13.3. The van der Waals surface area contributed by atoms with Gasteiger partial charge < -0.3 is 14.2 Å². The van der Waals surface area contributed by atoms with E-state index in [0.717, 1.165) is 5.56 Å². The van der Waals surface area contributed by atoms with Crippen molar-refractivity contribution >= 4 is 11.9 Å². The van der Waals surface area contributed by atoms with Gasteiger partial charge in [0.15, 0.2) is 0 Å². The summed E-state index contributed by atoms with van der Waals surface area (Å²) in [4.78, 5) is 26.5. The van der Waals surface area contributed by atoms with Crippen molar-refractivity contribution in [1.82, 2.24) is 0 Å². The van der Waals surface area contributed by atoms with E-state index in [0.29, 0.717) is 22.8 Å². The molecular formula is C29H30O5. The summed E-state index contributed by atoms with van der Waals surface area (Å²) >= 11 is 0. The molecular weight excluding hydrogens is 428 g/mol. The first kappa shape index (κ1) is 23.6. The van der Waals surface area contributed by atoms with Gasteiger partial charge in [-0.3, -0.25) is 4.79 Å². The van der Waals surface area contributed by atoms with Crippen molar-refractivity contribution in [2.75, 3.05) is 0 Å². The Balaban J connectivity index is 1.62. The number of hydrogen-bond acceptors (Lipinski definition) is 5. The fourth-order valence-electron chi connectivity index (χ4n) is 4.42. The topological polar surface area (TPSA) is 61.8 Å². The Morgan fingerprint density at radius 3 is 2.06 bits per heavy atom. The van der Waals surface area contributed by atoms with E-state index in [9.17, 15) is 9.59 Å². The minimum absolute atomic E-state index is 0.215. The summed E-state index contributed by atoms with van der Waals surface area (Å²) in [5.41, 5.74) is 0.864. The van der Waals surface area contributed by atoms with Gasteiger partial charge in [0.1, 0.15) is 17.2 Å². The molecule has 176 valence electrons. The zero-order valence-corrected chi connectivity index (χ0v) is 20.2. The van der Waals surface area contributed by atoms with E-state index in [4.69, 9.17) is 14.2 Å². The summed E-state index contributed by atoms with van der Waals surface area (Å²) in [6.45, 7) is 10.00. The lowest BCUT2D eigenvalue weighted by Crippen LogP contribution is -2.26. The standard InChI is InChI=1S/C29H30O5/c1-19-12-9-10-17-23(19)33-26(30)24(34-27(31)25-28(2,3)29(25,4)5)20-13-11-16-22(18-20)32-21-14-7-6-8-15-21/h6-18,24-25H,1-5H3. The number of carbonyl (C=O) groups excluding carboxylic acids is 2. The molecule has 34 heavy (non-hydrogen) atoms. The van der Waals surface area contributed by atoms with Crippen LogP contribution in [0.3, 0.4) is 0 Å². The van der Waals surface area contributed by atoms with E-state index in [1.165, 1.54) is 0 Å². The molecule has 3 aromatic rings. The summed E-state index contributed by atoms with van der Waals surface area (Å²) in [6.07, 6.45) is -1.22. The Labute approximate surface area is 200 Å². The summed E-state index contributed by atoms with van der Waals surface area (Å²) in [6, 6.07) is 23.6. The number of ether oxygens (including phenoxy) is 3. The fraction of sp³-hybridized carbons (Fsp3) is 0.310. The van der Waals surface area contributed by atoms with Crippen LogP contribution in [0.15, 0.2) is 78.9 Å². The molecule has 0 spiro atoms. The van der Waals surface area contributed by atoms with Crippen LogP contribution in [-0.4, -0.2) is 11.9 Å². The van der Waals surface area contributed by atoms with Gasteiger partial charge in [0.05, 0.1) is 5.92 Å².